The van der Waals surface area contributed by atoms with Crippen LogP contribution in [0.15, 0.2) is 12.5 Å². The first-order chi connectivity index (χ1) is 15.7. The van der Waals surface area contributed by atoms with Crippen molar-refractivity contribution in [1.82, 2.24) is 19.5 Å². The van der Waals surface area contributed by atoms with Crippen LogP contribution in [-0.4, -0.2) is 61.8 Å². The number of carbonyl (C=O) groups excluding carboxylic acids is 2. The quantitative estimate of drug-likeness (QED) is 0.556. The number of nitrogens with two attached hydrogens (primary N) is 1. The number of hydrogen-bond donors (Lipinski definition) is 1. The summed E-state index contributed by atoms with van der Waals surface area (Å²) in [5.41, 5.74) is 4.88. The molecule has 2 N–H and O–H groups in total. The van der Waals surface area contributed by atoms with E-state index in [1.807, 2.05) is 4.57 Å². The summed E-state index contributed by atoms with van der Waals surface area (Å²) in [6.07, 6.45) is 3.18. The normalized spacial score (nSPS) is 15.3. The van der Waals surface area contributed by atoms with Crippen LogP contribution in [0.5, 0.6) is 0 Å². The lowest BCUT2D eigenvalue weighted by Gasteiger charge is -2.25. The zero-order valence-corrected chi connectivity index (χ0v) is 20.4. The van der Waals surface area contributed by atoms with Gasteiger partial charge in [0, 0.05) is 0 Å². The molecule has 12 heteroatoms. The maximum atomic E-state index is 12.0. The van der Waals surface area contributed by atoms with Crippen molar-refractivity contribution < 1.29 is 33.3 Å². The number of nitrogens with zero attached hydrogens (tertiary/aromatic N) is 4. The van der Waals surface area contributed by atoms with E-state index in [2.05, 4.69) is 15.0 Å². The van der Waals surface area contributed by atoms with Gasteiger partial charge in [-0.05, 0) is 54.4 Å². The highest BCUT2D eigenvalue weighted by Gasteiger charge is 2.47. The summed E-state index contributed by atoms with van der Waals surface area (Å²) in [5, 5.41) is 0. The van der Waals surface area contributed by atoms with E-state index in [1.54, 1.807) is 54.1 Å². The van der Waals surface area contributed by atoms with E-state index < -0.39 is 29.1 Å². The smallest absolute Gasteiger partial charge is 0.431 e. The minimum atomic E-state index is -0.858. The summed E-state index contributed by atoms with van der Waals surface area (Å²) < 4.78 is 28.7. The fourth-order valence-electron chi connectivity index (χ4n) is 2.97. The monoisotopic (exact) mass is 478 g/mol. The topological polar surface area (TPSA) is 150 Å². The first kappa shape index (κ1) is 25.5. The van der Waals surface area contributed by atoms with Gasteiger partial charge in [-0.1, -0.05) is 0 Å². The van der Waals surface area contributed by atoms with E-state index in [0.29, 0.717) is 17.7 Å². The zero-order valence-electron chi connectivity index (χ0n) is 20.4. The molecular weight excluding hydrogens is 446 g/mol. The molecule has 0 aromatic carbocycles. The number of ether oxygens (including phenoxy) is 5. The molecule has 3 rings (SSSR count). The molecule has 2 heterocycles. The third kappa shape index (κ3) is 7.72. The van der Waals surface area contributed by atoms with Crippen molar-refractivity contribution in [2.45, 2.75) is 77.7 Å². The van der Waals surface area contributed by atoms with Crippen LogP contribution in [0.2, 0.25) is 0 Å². The van der Waals surface area contributed by atoms with Crippen LogP contribution in [-0.2, 0) is 30.2 Å². The van der Waals surface area contributed by atoms with Crippen LogP contribution in [0.3, 0.4) is 0 Å². The Hall–Kier alpha value is -3.15. The van der Waals surface area contributed by atoms with Crippen molar-refractivity contribution in [3.05, 3.63) is 18.6 Å². The van der Waals surface area contributed by atoms with E-state index in [-0.39, 0.29) is 25.3 Å². The standard InChI is InChI=1S/C22H32N5O7/c1-20(2,3)33-18(28)30-10-14(11-31-19(29)34-21(4,5)6)32-22(7-8-22)12-27-13-25-15-9-24-17(23)26-16(15)27/h9,13H,7-8,10-12H2,1-6H3,(H2,23,24,26). The predicted molar refractivity (Wildman–Crippen MR) is 120 cm³/mol. The van der Waals surface area contributed by atoms with Crippen molar-refractivity contribution >= 4 is 29.4 Å². The number of fused-ring (bicyclic) bond motifs is 1. The Bertz CT molecular complexity index is 989. The Kier molecular flexibility index (Phi) is 7.20. The van der Waals surface area contributed by atoms with Crippen LogP contribution in [0.25, 0.3) is 11.2 Å². The molecular formula is C22H32N5O7. The minimum absolute atomic E-state index is 0.142. The molecule has 1 aliphatic rings. The van der Waals surface area contributed by atoms with E-state index in [1.165, 1.54) is 0 Å². The number of rotatable bonds is 8. The van der Waals surface area contributed by atoms with E-state index in [4.69, 9.17) is 29.4 Å². The molecule has 1 fully saturated rings. The highest BCUT2D eigenvalue weighted by atomic mass is 16.7. The summed E-state index contributed by atoms with van der Waals surface area (Å²) >= 11 is 0. The molecule has 0 amide bonds. The molecule has 0 spiro atoms. The Morgan fingerprint density at radius 2 is 1.56 bits per heavy atom. The summed E-state index contributed by atoms with van der Waals surface area (Å²) in [4.78, 5) is 36.5. The first-order valence-corrected chi connectivity index (χ1v) is 10.9. The van der Waals surface area contributed by atoms with Gasteiger partial charge in [-0.25, -0.2) is 19.6 Å². The molecule has 2 aromatic heterocycles. The van der Waals surface area contributed by atoms with Gasteiger partial charge in [0.25, 0.3) is 0 Å². The number of carbonyl (C=O) groups is 2. The number of imidazole rings is 1. The summed E-state index contributed by atoms with van der Waals surface area (Å²) in [6.45, 7) is 10.3. The molecule has 187 valence electrons. The van der Waals surface area contributed by atoms with Gasteiger partial charge in [0.15, 0.2) is 11.8 Å². The second-order valence-electron chi connectivity index (χ2n) is 10.1. The van der Waals surface area contributed by atoms with Gasteiger partial charge in [-0.3, -0.25) is 0 Å². The highest BCUT2D eigenvalue weighted by Crippen LogP contribution is 2.44. The van der Waals surface area contributed by atoms with E-state index in [0.717, 1.165) is 12.8 Å². The van der Waals surface area contributed by atoms with Crippen molar-refractivity contribution in [3.63, 3.8) is 0 Å². The van der Waals surface area contributed by atoms with Crippen LogP contribution >= 0.6 is 0 Å². The molecule has 0 unspecified atom stereocenters. The molecule has 0 saturated heterocycles. The van der Waals surface area contributed by atoms with Gasteiger partial charge in [0.1, 0.15) is 29.9 Å². The van der Waals surface area contributed by atoms with Gasteiger partial charge >= 0.3 is 12.3 Å². The molecule has 1 radical (unpaired) electrons. The van der Waals surface area contributed by atoms with Crippen molar-refractivity contribution in [2.75, 3.05) is 18.9 Å². The number of anilines is 1. The average Bonchev–Trinajstić information content (AvgIpc) is 3.33. The summed E-state index contributed by atoms with van der Waals surface area (Å²) in [7, 11) is 0. The second-order valence-corrected chi connectivity index (χ2v) is 10.1. The molecule has 0 aliphatic heterocycles. The molecule has 0 bridgehead atoms. The molecule has 1 saturated carbocycles. The fraction of sp³-hybridized carbons (Fsp3) is 0.636. The number of nitrogen functional groups attached to an aromatic ring is 1. The molecule has 0 atom stereocenters. The Balaban J connectivity index is 1.66. The van der Waals surface area contributed by atoms with Gasteiger partial charge in [0.05, 0.1) is 24.7 Å². The lowest BCUT2D eigenvalue weighted by molar-refractivity contribution is -0.0585. The summed E-state index contributed by atoms with van der Waals surface area (Å²) in [6, 6.07) is 0. The maximum absolute atomic E-state index is 12.0. The third-order valence-corrected chi connectivity index (χ3v) is 4.48. The van der Waals surface area contributed by atoms with Crippen molar-refractivity contribution in [3.8, 4) is 0 Å². The average molecular weight is 479 g/mol. The van der Waals surface area contributed by atoms with Crippen molar-refractivity contribution in [1.29, 1.82) is 0 Å². The van der Waals surface area contributed by atoms with Gasteiger partial charge in [-0.15, -0.1) is 0 Å². The molecule has 12 nitrogen and oxygen atoms in total. The van der Waals surface area contributed by atoms with Gasteiger partial charge in [-0.2, -0.15) is 4.98 Å². The van der Waals surface area contributed by atoms with E-state index >= 15 is 0 Å². The van der Waals surface area contributed by atoms with Gasteiger partial charge in [0.2, 0.25) is 5.95 Å². The Morgan fingerprint density at radius 3 is 2.06 bits per heavy atom. The molecule has 34 heavy (non-hydrogen) atoms. The largest absolute Gasteiger partial charge is 0.508 e. The van der Waals surface area contributed by atoms with Crippen LogP contribution < -0.4 is 5.73 Å². The minimum Gasteiger partial charge on any atom is -0.431 e. The maximum Gasteiger partial charge on any atom is 0.508 e. The Morgan fingerprint density at radius 1 is 1.00 bits per heavy atom. The van der Waals surface area contributed by atoms with Crippen LogP contribution in [0, 0.1) is 6.10 Å². The number of aromatic nitrogens is 4. The fourth-order valence-corrected chi connectivity index (χ4v) is 2.97. The van der Waals surface area contributed by atoms with Gasteiger partial charge < -0.3 is 34.0 Å². The Labute approximate surface area is 198 Å². The molecule has 1 aliphatic carbocycles. The van der Waals surface area contributed by atoms with E-state index in [9.17, 15) is 9.59 Å². The third-order valence-electron chi connectivity index (χ3n) is 4.48. The van der Waals surface area contributed by atoms with Crippen LogP contribution in [0.1, 0.15) is 54.4 Å². The zero-order chi connectivity index (χ0) is 25.1. The lowest BCUT2D eigenvalue weighted by atomic mass is 10.2. The van der Waals surface area contributed by atoms with Crippen LogP contribution in [0.4, 0.5) is 15.5 Å². The SMILES string of the molecule is CC(C)(C)OC(=O)OC[C](COC(=O)OC(C)(C)C)OC1(Cn2cnc3cnc(N)nc32)CC1. The summed E-state index contributed by atoms with van der Waals surface area (Å²) in [5.74, 6) is 0.142. The first-order valence-electron chi connectivity index (χ1n) is 10.9. The second kappa shape index (κ2) is 9.61. The number of hydrogen-bond acceptors (Lipinski definition) is 11. The highest BCUT2D eigenvalue weighted by molar-refractivity contribution is 5.70. The predicted octanol–water partition coefficient (Wildman–Crippen LogP) is 3.39. The lowest BCUT2D eigenvalue weighted by Crippen LogP contribution is -2.32. The van der Waals surface area contributed by atoms with Crippen molar-refractivity contribution in [2.24, 2.45) is 0 Å². The molecule has 2 aromatic rings.